The normalized spacial score (nSPS) is 24.0. The molecule has 3 atom stereocenters. The molecule has 4 aliphatic rings. The predicted molar refractivity (Wildman–Crippen MR) is 130 cm³/mol. The van der Waals surface area contributed by atoms with E-state index in [9.17, 15) is 4.79 Å². The van der Waals surface area contributed by atoms with Crippen molar-refractivity contribution in [1.29, 1.82) is 5.26 Å². The monoisotopic (exact) mass is 450 g/mol. The molecule has 3 aliphatic carbocycles. The van der Waals surface area contributed by atoms with Gasteiger partial charge in [-0.2, -0.15) is 5.26 Å². The Labute approximate surface area is 199 Å². The number of oxime groups is 1. The maximum atomic E-state index is 13.2. The molecule has 6 rings (SSSR count). The second-order valence-corrected chi connectivity index (χ2v) is 9.43. The number of amides is 2. The van der Waals surface area contributed by atoms with Crippen LogP contribution in [0.4, 0.5) is 4.79 Å². The topological polar surface area (TPSA) is 77.7 Å². The molecule has 6 nitrogen and oxygen atoms in total. The minimum Gasteiger partial charge on any atom is -0.391 e. The van der Waals surface area contributed by atoms with E-state index >= 15 is 0 Å². The molecule has 0 radical (unpaired) electrons. The molecule has 0 spiro atoms. The first-order valence-corrected chi connectivity index (χ1v) is 11.9. The van der Waals surface area contributed by atoms with Crippen LogP contribution >= 0.6 is 0 Å². The Hall–Kier alpha value is -3.85. The zero-order chi connectivity index (χ0) is 23.1. The van der Waals surface area contributed by atoms with Gasteiger partial charge in [-0.15, -0.1) is 0 Å². The Morgan fingerprint density at radius 1 is 1.18 bits per heavy atom. The lowest BCUT2D eigenvalue weighted by Crippen LogP contribution is -2.46. The van der Waals surface area contributed by atoms with E-state index in [2.05, 4.69) is 53.0 Å². The predicted octanol–water partition coefficient (Wildman–Crippen LogP) is 4.95. The van der Waals surface area contributed by atoms with Crippen LogP contribution in [0.5, 0.6) is 0 Å². The average molecular weight is 451 g/mol. The number of fused-ring (bicyclic) bond motifs is 4. The maximum Gasteiger partial charge on any atom is 0.318 e. The molecule has 0 bridgehead atoms. The number of likely N-dealkylation sites (tertiary alicyclic amines) is 1. The van der Waals surface area contributed by atoms with Crippen LogP contribution < -0.4 is 5.32 Å². The summed E-state index contributed by atoms with van der Waals surface area (Å²) in [6.45, 7) is 1.59. The van der Waals surface area contributed by atoms with E-state index in [4.69, 9.17) is 10.1 Å². The second kappa shape index (κ2) is 8.49. The maximum absolute atomic E-state index is 13.2. The molecule has 1 N–H and O–H groups in total. The molecular formula is C28H26N4O2. The Kier molecular flexibility index (Phi) is 5.18. The number of carbonyl (C=O) groups is 1. The zero-order valence-electron chi connectivity index (χ0n) is 18.9. The highest BCUT2D eigenvalue weighted by Gasteiger charge is 2.48. The number of nitrogens with zero attached hydrogens (tertiary/aromatic N) is 3. The van der Waals surface area contributed by atoms with Gasteiger partial charge in [-0.25, -0.2) is 4.79 Å². The van der Waals surface area contributed by atoms with Gasteiger partial charge >= 0.3 is 6.03 Å². The molecule has 2 fully saturated rings. The molecule has 170 valence electrons. The summed E-state index contributed by atoms with van der Waals surface area (Å²) in [7, 11) is 0. The van der Waals surface area contributed by atoms with Gasteiger partial charge in [0.25, 0.3) is 0 Å². The summed E-state index contributed by atoms with van der Waals surface area (Å²) in [6, 6.07) is 17.9. The lowest BCUT2D eigenvalue weighted by molar-refractivity contribution is 0.127. The van der Waals surface area contributed by atoms with E-state index < -0.39 is 0 Å². The van der Waals surface area contributed by atoms with Crippen LogP contribution in [-0.2, 0) is 11.4 Å². The van der Waals surface area contributed by atoms with E-state index in [-0.39, 0.29) is 12.1 Å². The number of allylic oxidation sites excluding steroid dienone is 3. The largest absolute Gasteiger partial charge is 0.391 e. The Balaban J connectivity index is 1.07. The van der Waals surface area contributed by atoms with Crippen molar-refractivity contribution in [2.45, 2.75) is 31.9 Å². The molecule has 1 aliphatic heterocycles. The fourth-order valence-corrected chi connectivity index (χ4v) is 5.44. The smallest absolute Gasteiger partial charge is 0.318 e. The van der Waals surface area contributed by atoms with Crippen molar-refractivity contribution in [2.75, 3.05) is 13.1 Å². The lowest BCUT2D eigenvalue weighted by Gasteiger charge is -2.30. The Bertz CT molecular complexity index is 1280. The van der Waals surface area contributed by atoms with Crippen LogP contribution in [-0.4, -0.2) is 29.7 Å². The summed E-state index contributed by atoms with van der Waals surface area (Å²) in [5, 5.41) is 16.6. The Morgan fingerprint density at radius 3 is 2.88 bits per heavy atom. The van der Waals surface area contributed by atoms with Crippen LogP contribution in [0, 0.1) is 23.2 Å². The molecule has 3 unspecified atom stereocenters. The third-order valence-electron chi connectivity index (χ3n) is 7.31. The summed E-state index contributed by atoms with van der Waals surface area (Å²) in [5.41, 5.74) is 7.68. The van der Waals surface area contributed by atoms with E-state index in [1.54, 1.807) is 12.1 Å². The number of piperidine rings is 1. The molecule has 0 aromatic heterocycles. The number of nitrogens with one attached hydrogen (secondary N) is 1. The summed E-state index contributed by atoms with van der Waals surface area (Å²) < 4.78 is 0. The number of benzene rings is 2. The molecule has 6 heteroatoms. The molecule has 34 heavy (non-hydrogen) atoms. The third kappa shape index (κ3) is 3.77. The average Bonchev–Trinajstić information content (AvgIpc) is 3.61. The van der Waals surface area contributed by atoms with Crippen LogP contribution in [0.25, 0.3) is 5.57 Å². The standard InChI is InChI=1S/C28H26N4O2/c29-16-18-4-3-5-19(14-18)17-34-31-21-10-12-32(13-11-21)28(33)30-27-24-7-2-1-6-22(24)23-9-8-20-15-25(20)26(23)27/h1-9,14,20,25,27H,10-13,15,17H2,(H,30,33). The summed E-state index contributed by atoms with van der Waals surface area (Å²) in [5.74, 6) is 1.22. The summed E-state index contributed by atoms with van der Waals surface area (Å²) in [6.07, 6.45) is 7.19. The second-order valence-electron chi connectivity index (χ2n) is 9.43. The highest BCUT2D eigenvalue weighted by atomic mass is 16.6. The SMILES string of the molecule is N#Cc1cccc(CON=C2CCN(C(=O)NC3C4=C(C=CC5CC45)c4ccccc43)CC2)c1. The quantitative estimate of drug-likeness (QED) is 0.670. The lowest BCUT2D eigenvalue weighted by atomic mass is 9.95. The highest BCUT2D eigenvalue weighted by Crippen LogP contribution is 2.58. The van der Waals surface area contributed by atoms with Crippen molar-refractivity contribution in [1.82, 2.24) is 10.2 Å². The van der Waals surface area contributed by atoms with Crippen molar-refractivity contribution in [3.05, 3.63) is 88.5 Å². The van der Waals surface area contributed by atoms with Crippen molar-refractivity contribution >= 4 is 17.3 Å². The number of nitriles is 1. The van der Waals surface area contributed by atoms with Crippen LogP contribution in [0.15, 0.2) is 71.4 Å². The highest BCUT2D eigenvalue weighted by molar-refractivity contribution is 5.89. The number of hydrogen-bond donors (Lipinski definition) is 1. The fourth-order valence-electron chi connectivity index (χ4n) is 5.44. The van der Waals surface area contributed by atoms with Gasteiger partial charge in [-0.1, -0.05) is 53.7 Å². The fraction of sp³-hybridized carbons (Fsp3) is 0.321. The van der Waals surface area contributed by atoms with E-state index in [1.807, 2.05) is 17.0 Å². The van der Waals surface area contributed by atoms with E-state index in [0.717, 1.165) is 11.3 Å². The molecule has 2 aromatic carbocycles. The molecule has 1 heterocycles. The third-order valence-corrected chi connectivity index (χ3v) is 7.31. The van der Waals surface area contributed by atoms with Crippen LogP contribution in [0.2, 0.25) is 0 Å². The summed E-state index contributed by atoms with van der Waals surface area (Å²) >= 11 is 0. The van der Waals surface area contributed by atoms with E-state index in [1.165, 1.54) is 28.7 Å². The van der Waals surface area contributed by atoms with Crippen LogP contribution in [0.3, 0.4) is 0 Å². The van der Waals surface area contributed by atoms with Crippen molar-refractivity contribution < 1.29 is 9.63 Å². The molecule has 1 saturated carbocycles. The van der Waals surface area contributed by atoms with Gasteiger partial charge in [0.05, 0.1) is 23.4 Å². The molecule has 1 saturated heterocycles. The van der Waals surface area contributed by atoms with Gasteiger partial charge in [-0.05, 0) is 58.2 Å². The summed E-state index contributed by atoms with van der Waals surface area (Å²) in [4.78, 5) is 20.6. The molecule has 2 amide bonds. The van der Waals surface area contributed by atoms with Gasteiger partial charge in [0.2, 0.25) is 0 Å². The number of rotatable bonds is 4. The van der Waals surface area contributed by atoms with Gasteiger partial charge in [-0.3, -0.25) is 0 Å². The van der Waals surface area contributed by atoms with Crippen molar-refractivity contribution in [3.63, 3.8) is 0 Å². The van der Waals surface area contributed by atoms with Gasteiger partial charge < -0.3 is 15.1 Å². The molecule has 2 aromatic rings. The van der Waals surface area contributed by atoms with Crippen LogP contribution in [0.1, 0.15) is 47.6 Å². The number of hydrogen-bond acceptors (Lipinski definition) is 4. The minimum absolute atomic E-state index is 0.00593. The van der Waals surface area contributed by atoms with Crippen molar-refractivity contribution in [2.24, 2.45) is 17.0 Å². The zero-order valence-corrected chi connectivity index (χ0v) is 18.9. The Morgan fingerprint density at radius 2 is 2.03 bits per heavy atom. The first-order chi connectivity index (χ1) is 16.7. The molecular weight excluding hydrogens is 424 g/mol. The van der Waals surface area contributed by atoms with Crippen molar-refractivity contribution in [3.8, 4) is 6.07 Å². The van der Waals surface area contributed by atoms with Gasteiger partial charge in [0.1, 0.15) is 6.61 Å². The first-order valence-electron chi connectivity index (χ1n) is 11.9. The first kappa shape index (κ1) is 20.7. The van der Waals surface area contributed by atoms with Gasteiger partial charge in [0, 0.05) is 25.9 Å². The van der Waals surface area contributed by atoms with Gasteiger partial charge in [0.15, 0.2) is 0 Å². The van der Waals surface area contributed by atoms with E-state index in [0.29, 0.717) is 49.9 Å². The number of carbonyl (C=O) groups excluding carboxylic acids is 1. The minimum atomic E-state index is -0.0266. The number of urea groups is 1.